The van der Waals surface area contributed by atoms with Gasteiger partial charge in [0.25, 0.3) is 0 Å². The number of aromatic nitrogens is 4. The van der Waals surface area contributed by atoms with E-state index in [1.807, 2.05) is 15.9 Å². The van der Waals surface area contributed by atoms with Crippen molar-refractivity contribution in [3.63, 3.8) is 0 Å². The molecule has 0 saturated carbocycles. The van der Waals surface area contributed by atoms with Crippen LogP contribution in [-0.2, 0) is 22.7 Å². The van der Waals surface area contributed by atoms with Crippen LogP contribution in [0.5, 0.6) is 0 Å². The van der Waals surface area contributed by atoms with E-state index in [0.717, 1.165) is 31.4 Å². The van der Waals surface area contributed by atoms with Crippen molar-refractivity contribution >= 4 is 11.8 Å². The van der Waals surface area contributed by atoms with E-state index in [1.165, 1.54) is 11.9 Å². The smallest absolute Gasteiger partial charge is 0.230 e. The number of amides is 2. The van der Waals surface area contributed by atoms with E-state index in [1.54, 1.807) is 4.68 Å². The fourth-order valence-corrected chi connectivity index (χ4v) is 4.45. The molecule has 28 heavy (non-hydrogen) atoms. The van der Waals surface area contributed by atoms with Crippen molar-refractivity contribution in [2.45, 2.75) is 45.7 Å². The van der Waals surface area contributed by atoms with Gasteiger partial charge in [0.2, 0.25) is 11.8 Å². The van der Waals surface area contributed by atoms with Crippen molar-refractivity contribution in [2.75, 3.05) is 19.6 Å². The predicted molar refractivity (Wildman–Crippen MR) is 102 cm³/mol. The first-order valence-corrected chi connectivity index (χ1v) is 9.89. The molecule has 0 N–H and O–H groups in total. The zero-order chi connectivity index (χ0) is 19.6. The number of nitrogens with zero attached hydrogens (tertiary/aromatic N) is 6. The first-order valence-electron chi connectivity index (χ1n) is 9.89. The van der Waals surface area contributed by atoms with Gasteiger partial charge in [-0.3, -0.25) is 9.59 Å². The topological polar surface area (TPSA) is 84.2 Å². The second-order valence-corrected chi connectivity index (χ2v) is 7.99. The SMILES string of the molecule is Cc1cccc(CN2CCCC3(CCN(C(=O)CCn4cnnn4)C3)C2=O)c1. The lowest BCUT2D eigenvalue weighted by Gasteiger charge is -2.39. The monoisotopic (exact) mass is 382 g/mol. The lowest BCUT2D eigenvalue weighted by atomic mass is 9.78. The van der Waals surface area contributed by atoms with E-state index >= 15 is 0 Å². The lowest BCUT2D eigenvalue weighted by molar-refractivity contribution is -0.146. The van der Waals surface area contributed by atoms with E-state index < -0.39 is 5.41 Å². The molecule has 2 saturated heterocycles. The number of aryl methyl sites for hydroxylation is 2. The van der Waals surface area contributed by atoms with Gasteiger partial charge in [-0.05, 0) is 42.2 Å². The molecule has 1 aromatic heterocycles. The highest BCUT2D eigenvalue weighted by molar-refractivity contribution is 5.86. The zero-order valence-electron chi connectivity index (χ0n) is 16.3. The van der Waals surface area contributed by atoms with Gasteiger partial charge in [-0.2, -0.15) is 0 Å². The second-order valence-electron chi connectivity index (χ2n) is 7.99. The van der Waals surface area contributed by atoms with Gasteiger partial charge in [-0.15, -0.1) is 5.10 Å². The van der Waals surface area contributed by atoms with Crippen LogP contribution < -0.4 is 0 Å². The van der Waals surface area contributed by atoms with E-state index in [9.17, 15) is 9.59 Å². The minimum atomic E-state index is -0.410. The third kappa shape index (κ3) is 3.76. The lowest BCUT2D eigenvalue weighted by Crippen LogP contribution is -2.50. The molecule has 3 heterocycles. The van der Waals surface area contributed by atoms with Gasteiger partial charge in [0.05, 0.1) is 12.0 Å². The van der Waals surface area contributed by atoms with Crippen LogP contribution in [0.2, 0.25) is 0 Å². The molecule has 2 aliphatic rings. The summed E-state index contributed by atoms with van der Waals surface area (Å²) < 4.78 is 1.55. The van der Waals surface area contributed by atoms with E-state index in [-0.39, 0.29) is 11.8 Å². The maximum Gasteiger partial charge on any atom is 0.230 e. The molecule has 0 aliphatic carbocycles. The minimum absolute atomic E-state index is 0.0657. The molecule has 2 amide bonds. The second kappa shape index (κ2) is 7.69. The number of rotatable bonds is 5. The molecule has 2 fully saturated rings. The van der Waals surface area contributed by atoms with Crippen LogP contribution in [0.15, 0.2) is 30.6 Å². The van der Waals surface area contributed by atoms with Crippen molar-refractivity contribution in [1.82, 2.24) is 30.0 Å². The first-order chi connectivity index (χ1) is 13.6. The molecule has 4 rings (SSSR count). The highest BCUT2D eigenvalue weighted by atomic mass is 16.2. The Balaban J connectivity index is 1.38. The fourth-order valence-electron chi connectivity index (χ4n) is 4.45. The summed E-state index contributed by atoms with van der Waals surface area (Å²) in [4.78, 5) is 29.7. The number of likely N-dealkylation sites (tertiary alicyclic amines) is 2. The largest absolute Gasteiger partial charge is 0.342 e. The van der Waals surface area contributed by atoms with Crippen LogP contribution in [0, 0.1) is 12.3 Å². The molecule has 1 unspecified atom stereocenters. The number of hydrogen-bond acceptors (Lipinski definition) is 5. The summed E-state index contributed by atoms with van der Waals surface area (Å²) in [5.41, 5.74) is 1.96. The summed E-state index contributed by atoms with van der Waals surface area (Å²) in [7, 11) is 0. The van der Waals surface area contributed by atoms with Crippen molar-refractivity contribution in [1.29, 1.82) is 0 Å². The number of carbonyl (C=O) groups is 2. The molecular weight excluding hydrogens is 356 g/mol. The van der Waals surface area contributed by atoms with Crippen LogP contribution in [0.1, 0.15) is 36.8 Å². The van der Waals surface area contributed by atoms with Crippen LogP contribution in [0.3, 0.4) is 0 Å². The molecule has 2 aromatic rings. The standard InChI is InChI=1S/C20H26N6O2/c1-16-4-2-5-17(12-16)13-24-9-3-7-20(19(24)28)8-11-25(14-20)18(27)6-10-26-15-21-22-23-26/h2,4-5,12,15H,3,6-11,13-14H2,1H3. The summed E-state index contributed by atoms with van der Waals surface area (Å²) in [5, 5.41) is 11.0. The van der Waals surface area contributed by atoms with E-state index in [0.29, 0.717) is 32.6 Å². The Morgan fingerprint density at radius 1 is 1.25 bits per heavy atom. The van der Waals surface area contributed by atoms with Gasteiger partial charge in [0.1, 0.15) is 6.33 Å². The Morgan fingerprint density at radius 2 is 2.14 bits per heavy atom. The van der Waals surface area contributed by atoms with Gasteiger partial charge < -0.3 is 9.80 Å². The van der Waals surface area contributed by atoms with Gasteiger partial charge in [0, 0.05) is 32.6 Å². The Labute approximate surface area is 164 Å². The molecule has 1 aromatic carbocycles. The third-order valence-electron chi connectivity index (χ3n) is 5.93. The van der Waals surface area contributed by atoms with Gasteiger partial charge >= 0.3 is 0 Å². The molecular formula is C20H26N6O2. The quantitative estimate of drug-likeness (QED) is 0.781. The van der Waals surface area contributed by atoms with Gasteiger partial charge in [0.15, 0.2) is 0 Å². The number of tetrazole rings is 1. The number of benzene rings is 1. The van der Waals surface area contributed by atoms with E-state index in [2.05, 4.69) is 40.6 Å². The summed E-state index contributed by atoms with van der Waals surface area (Å²) in [6.07, 6.45) is 4.47. The summed E-state index contributed by atoms with van der Waals surface area (Å²) in [5.74, 6) is 0.270. The molecule has 2 aliphatic heterocycles. The molecule has 8 nitrogen and oxygen atoms in total. The van der Waals surface area contributed by atoms with Crippen LogP contribution in [0.4, 0.5) is 0 Å². The number of hydrogen-bond donors (Lipinski definition) is 0. The summed E-state index contributed by atoms with van der Waals surface area (Å²) >= 11 is 0. The van der Waals surface area contributed by atoms with E-state index in [4.69, 9.17) is 0 Å². The Morgan fingerprint density at radius 3 is 2.93 bits per heavy atom. The summed E-state index contributed by atoms with van der Waals surface area (Å²) in [6.45, 7) is 5.15. The maximum atomic E-state index is 13.3. The predicted octanol–water partition coefficient (Wildman–Crippen LogP) is 1.41. The molecule has 1 atom stereocenters. The number of piperidine rings is 1. The third-order valence-corrected chi connectivity index (χ3v) is 5.93. The molecule has 0 radical (unpaired) electrons. The fraction of sp³-hybridized carbons (Fsp3) is 0.550. The maximum absolute atomic E-state index is 13.3. The summed E-state index contributed by atoms with van der Waals surface area (Å²) in [6, 6.07) is 8.32. The molecule has 148 valence electrons. The van der Waals surface area contributed by atoms with Crippen LogP contribution in [0.25, 0.3) is 0 Å². The zero-order valence-corrected chi connectivity index (χ0v) is 16.3. The average molecular weight is 382 g/mol. The van der Waals surface area contributed by atoms with Gasteiger partial charge in [-0.1, -0.05) is 29.8 Å². The first kappa shape index (κ1) is 18.6. The van der Waals surface area contributed by atoms with Gasteiger partial charge in [-0.25, -0.2) is 4.68 Å². The highest BCUT2D eigenvalue weighted by Crippen LogP contribution is 2.40. The van der Waals surface area contributed by atoms with Crippen LogP contribution >= 0.6 is 0 Å². The normalized spacial score (nSPS) is 22.2. The Kier molecular flexibility index (Phi) is 5.11. The average Bonchev–Trinajstić information content (AvgIpc) is 3.35. The molecule has 0 bridgehead atoms. The van der Waals surface area contributed by atoms with Crippen molar-refractivity contribution in [3.8, 4) is 0 Å². The Bertz CT molecular complexity index is 852. The highest BCUT2D eigenvalue weighted by Gasteiger charge is 2.49. The van der Waals surface area contributed by atoms with Crippen molar-refractivity contribution in [3.05, 3.63) is 41.7 Å². The van der Waals surface area contributed by atoms with Crippen LogP contribution in [-0.4, -0.2) is 61.5 Å². The van der Waals surface area contributed by atoms with Crippen molar-refractivity contribution < 1.29 is 9.59 Å². The van der Waals surface area contributed by atoms with Crippen molar-refractivity contribution in [2.24, 2.45) is 5.41 Å². The number of carbonyl (C=O) groups excluding carboxylic acids is 2. The molecule has 8 heteroatoms. The molecule has 1 spiro atoms. The Hall–Kier alpha value is -2.77. The minimum Gasteiger partial charge on any atom is -0.342 e.